The van der Waals surface area contributed by atoms with Crippen LogP contribution in [0.5, 0.6) is 23.0 Å². The van der Waals surface area contributed by atoms with Crippen molar-refractivity contribution in [1.29, 1.82) is 5.26 Å². The van der Waals surface area contributed by atoms with E-state index in [4.69, 9.17) is 14.6 Å². The number of benzene rings is 2. The Hall–Kier alpha value is -4.32. The highest BCUT2D eigenvalue weighted by molar-refractivity contribution is 6.05. The molecular weight excluding hydrogens is 378 g/mol. The highest BCUT2D eigenvalue weighted by atomic mass is 16.5. The van der Waals surface area contributed by atoms with Crippen LogP contribution in [0.3, 0.4) is 0 Å². The summed E-state index contributed by atoms with van der Waals surface area (Å²) >= 11 is 0. The molecule has 0 saturated heterocycles. The Morgan fingerprint density at radius 2 is 1.93 bits per heavy atom. The maximum Gasteiger partial charge on any atom is 0.322 e. The average molecular weight is 393 g/mol. The summed E-state index contributed by atoms with van der Waals surface area (Å²) < 4.78 is 11.0. The van der Waals surface area contributed by atoms with Crippen molar-refractivity contribution in [3.63, 3.8) is 0 Å². The molecule has 0 aliphatic carbocycles. The first-order chi connectivity index (χ1) is 13.9. The van der Waals surface area contributed by atoms with Gasteiger partial charge in [-0.15, -0.1) is 0 Å². The first-order valence-corrected chi connectivity index (χ1v) is 8.32. The van der Waals surface area contributed by atoms with E-state index in [1.165, 1.54) is 13.2 Å². The summed E-state index contributed by atoms with van der Waals surface area (Å²) in [5, 5.41) is 31.2. The molecule has 146 valence electrons. The van der Waals surface area contributed by atoms with E-state index < -0.39 is 29.9 Å². The van der Waals surface area contributed by atoms with E-state index in [1.54, 1.807) is 36.4 Å². The van der Waals surface area contributed by atoms with Crippen molar-refractivity contribution in [2.45, 2.75) is 0 Å². The molecule has 0 spiro atoms. The summed E-state index contributed by atoms with van der Waals surface area (Å²) in [6, 6.07) is 13.4. The molecule has 0 bridgehead atoms. The second-order valence-electron chi connectivity index (χ2n) is 5.81. The molecule has 0 aliphatic heterocycles. The van der Waals surface area contributed by atoms with E-state index in [0.717, 1.165) is 0 Å². The largest absolute Gasteiger partial charge is 0.505 e. The zero-order valence-corrected chi connectivity index (χ0v) is 15.2. The van der Waals surface area contributed by atoms with Gasteiger partial charge in [0.05, 0.1) is 12.5 Å². The third-order valence-corrected chi connectivity index (χ3v) is 3.96. The fourth-order valence-corrected chi connectivity index (χ4v) is 2.68. The van der Waals surface area contributed by atoms with Crippen LogP contribution in [0, 0.1) is 11.3 Å². The summed E-state index contributed by atoms with van der Waals surface area (Å²) in [6.45, 7) is -0.654. The zero-order valence-electron chi connectivity index (χ0n) is 15.2. The van der Waals surface area contributed by atoms with Crippen molar-refractivity contribution < 1.29 is 29.3 Å². The predicted octanol–water partition coefficient (Wildman–Crippen LogP) is 2.43. The van der Waals surface area contributed by atoms with Crippen LogP contribution in [-0.2, 0) is 4.79 Å². The molecule has 0 fully saturated rings. The number of ether oxygens (including phenoxy) is 2. The van der Waals surface area contributed by atoms with Gasteiger partial charge in [0.2, 0.25) is 0 Å². The van der Waals surface area contributed by atoms with E-state index in [9.17, 15) is 20.0 Å². The number of nitrogens with one attached hydrogen (secondary N) is 1. The maximum atomic E-state index is 12.2. The van der Waals surface area contributed by atoms with Crippen LogP contribution in [0.2, 0.25) is 0 Å². The molecule has 0 saturated carbocycles. The summed E-state index contributed by atoms with van der Waals surface area (Å²) in [4.78, 5) is 26.7. The average Bonchev–Trinajstić information content (AvgIpc) is 2.73. The van der Waals surface area contributed by atoms with Crippen LogP contribution < -0.4 is 14.8 Å². The summed E-state index contributed by atoms with van der Waals surface area (Å²) in [7, 11) is 1.52. The van der Waals surface area contributed by atoms with E-state index >= 15 is 0 Å². The molecule has 9 nitrogen and oxygen atoms in total. The first-order valence-electron chi connectivity index (χ1n) is 8.32. The molecule has 0 aliphatic rings. The molecule has 0 atom stereocenters. The lowest BCUT2D eigenvalue weighted by atomic mass is 10.1. The van der Waals surface area contributed by atoms with Gasteiger partial charge in [0.15, 0.2) is 17.1 Å². The molecule has 9 heteroatoms. The minimum Gasteiger partial charge on any atom is -0.505 e. The zero-order chi connectivity index (χ0) is 21.0. The highest BCUT2D eigenvalue weighted by Crippen LogP contribution is 2.37. The van der Waals surface area contributed by atoms with Crippen LogP contribution in [0.15, 0.2) is 42.5 Å². The quantitative estimate of drug-likeness (QED) is 0.580. The molecule has 3 rings (SSSR count). The standard InChI is InChI=1S/C20H15N3O6/c1-28-11-4-2-5-12(8-11)29-15-7-3-6-13-17(15)14(9-21)23-18(19(13)26)20(27)22-10-16(24)25/h2-8,26H,10H2,1H3,(H,22,27)(H,24,25). The van der Waals surface area contributed by atoms with Gasteiger partial charge >= 0.3 is 5.97 Å². The third-order valence-electron chi connectivity index (χ3n) is 3.96. The number of nitriles is 1. The van der Waals surface area contributed by atoms with Crippen LogP contribution >= 0.6 is 0 Å². The minimum absolute atomic E-state index is 0.156. The van der Waals surface area contributed by atoms with Gasteiger partial charge in [-0.25, -0.2) is 4.98 Å². The number of aliphatic carboxylic acids is 1. The lowest BCUT2D eigenvalue weighted by molar-refractivity contribution is -0.135. The Morgan fingerprint density at radius 3 is 2.62 bits per heavy atom. The number of pyridine rings is 1. The second-order valence-corrected chi connectivity index (χ2v) is 5.81. The SMILES string of the molecule is COc1cccc(Oc2cccc3c(O)c(C(=O)NCC(=O)O)nc(C#N)c23)c1. The van der Waals surface area contributed by atoms with Gasteiger partial charge in [0.25, 0.3) is 5.91 Å². The van der Waals surface area contributed by atoms with Crippen molar-refractivity contribution >= 4 is 22.6 Å². The number of carbonyl (C=O) groups excluding carboxylic acids is 1. The van der Waals surface area contributed by atoms with Crippen molar-refractivity contribution in [2.24, 2.45) is 0 Å². The van der Waals surface area contributed by atoms with Gasteiger partial charge in [-0.05, 0) is 18.2 Å². The Morgan fingerprint density at radius 1 is 1.21 bits per heavy atom. The number of hydrogen-bond donors (Lipinski definition) is 3. The Bertz CT molecular complexity index is 1150. The van der Waals surface area contributed by atoms with E-state index in [2.05, 4.69) is 10.3 Å². The third kappa shape index (κ3) is 4.01. The number of rotatable bonds is 6. The van der Waals surface area contributed by atoms with E-state index in [-0.39, 0.29) is 22.2 Å². The monoisotopic (exact) mass is 393 g/mol. The number of aromatic nitrogens is 1. The van der Waals surface area contributed by atoms with E-state index in [0.29, 0.717) is 11.5 Å². The number of aromatic hydroxyl groups is 1. The molecule has 0 unspecified atom stereocenters. The maximum absolute atomic E-state index is 12.2. The van der Waals surface area contributed by atoms with Crippen molar-refractivity contribution in [1.82, 2.24) is 10.3 Å². The summed E-state index contributed by atoms with van der Waals surface area (Å²) in [5.41, 5.74) is -0.606. The van der Waals surface area contributed by atoms with Gasteiger partial charge in [-0.3, -0.25) is 9.59 Å². The molecule has 1 aromatic heterocycles. The normalized spacial score (nSPS) is 10.2. The van der Waals surface area contributed by atoms with Crippen LogP contribution in [0.1, 0.15) is 16.2 Å². The molecule has 0 radical (unpaired) electrons. The summed E-state index contributed by atoms with van der Waals surface area (Å²) in [5.74, 6) is -1.41. The highest BCUT2D eigenvalue weighted by Gasteiger charge is 2.22. The number of carboxylic acid groups (broad SMARTS) is 1. The Kier molecular flexibility index (Phi) is 5.46. The van der Waals surface area contributed by atoms with Gasteiger partial charge in [-0.1, -0.05) is 18.2 Å². The van der Waals surface area contributed by atoms with Gasteiger partial charge in [0, 0.05) is 11.5 Å². The van der Waals surface area contributed by atoms with Crippen LogP contribution in [0.4, 0.5) is 0 Å². The first kappa shape index (κ1) is 19.4. The molecule has 1 amide bonds. The number of methoxy groups -OCH3 is 1. The molecule has 3 aromatic rings. The van der Waals surface area contributed by atoms with Gasteiger partial charge in [-0.2, -0.15) is 5.26 Å². The predicted molar refractivity (Wildman–Crippen MR) is 101 cm³/mol. The molecule has 1 heterocycles. The lowest BCUT2D eigenvalue weighted by Crippen LogP contribution is -2.30. The van der Waals surface area contributed by atoms with E-state index in [1.807, 2.05) is 6.07 Å². The van der Waals surface area contributed by atoms with Crippen LogP contribution in [0.25, 0.3) is 10.8 Å². The molecule has 29 heavy (non-hydrogen) atoms. The smallest absolute Gasteiger partial charge is 0.322 e. The lowest BCUT2D eigenvalue weighted by Gasteiger charge is -2.13. The number of nitrogens with zero attached hydrogens (tertiary/aromatic N) is 2. The number of carboxylic acids is 1. The van der Waals surface area contributed by atoms with Crippen molar-refractivity contribution in [3.05, 3.63) is 53.9 Å². The fraction of sp³-hybridized carbons (Fsp3) is 0.100. The van der Waals surface area contributed by atoms with Crippen LogP contribution in [-0.4, -0.2) is 40.7 Å². The topological polar surface area (TPSA) is 142 Å². The number of fused-ring (bicyclic) bond motifs is 1. The number of amides is 1. The van der Waals surface area contributed by atoms with Gasteiger partial charge < -0.3 is 25.0 Å². The second kappa shape index (κ2) is 8.14. The molecule has 2 aromatic carbocycles. The Balaban J connectivity index is 2.10. The van der Waals surface area contributed by atoms with Gasteiger partial charge in [0.1, 0.15) is 29.9 Å². The minimum atomic E-state index is -1.26. The number of hydrogen-bond acceptors (Lipinski definition) is 7. The summed E-state index contributed by atoms with van der Waals surface area (Å²) in [6.07, 6.45) is 0. The fourth-order valence-electron chi connectivity index (χ4n) is 2.68. The van der Waals surface area contributed by atoms with Crippen molar-refractivity contribution in [3.8, 4) is 29.1 Å². The Labute approximate surface area is 164 Å². The number of carbonyl (C=O) groups is 2. The molecule has 3 N–H and O–H groups in total. The molecular formula is C20H15N3O6. The van der Waals surface area contributed by atoms with Crippen molar-refractivity contribution in [2.75, 3.05) is 13.7 Å².